The fourth-order valence-electron chi connectivity index (χ4n) is 2.39. The lowest BCUT2D eigenvalue weighted by atomic mass is 9.91. The molecule has 0 amide bonds. The van der Waals surface area contributed by atoms with E-state index in [9.17, 15) is 0 Å². The van der Waals surface area contributed by atoms with E-state index < -0.39 is 0 Å². The Kier molecular flexibility index (Phi) is 4.57. The van der Waals surface area contributed by atoms with Gasteiger partial charge in [0.2, 0.25) is 0 Å². The van der Waals surface area contributed by atoms with E-state index in [4.69, 9.17) is 10.5 Å². The van der Waals surface area contributed by atoms with Gasteiger partial charge in [-0.15, -0.1) is 0 Å². The molecule has 1 aliphatic rings. The molecule has 2 unspecified atom stereocenters. The largest absolute Gasteiger partial charge is 0.494 e. The minimum atomic E-state index is 0.116. The molecular formula is C15H23NOS. The first-order chi connectivity index (χ1) is 8.65. The second-order valence-electron chi connectivity index (χ2n) is 5.16. The lowest BCUT2D eigenvalue weighted by Gasteiger charge is -2.30. The number of ether oxygens (including phenoxy) is 1. The molecule has 1 aliphatic heterocycles. The summed E-state index contributed by atoms with van der Waals surface area (Å²) < 4.78 is 5.79. The summed E-state index contributed by atoms with van der Waals surface area (Å²) >= 11 is 2.01. The zero-order valence-corrected chi connectivity index (χ0v) is 12.1. The van der Waals surface area contributed by atoms with Crippen LogP contribution in [0.5, 0.6) is 5.75 Å². The van der Waals surface area contributed by atoms with E-state index in [-0.39, 0.29) is 10.8 Å². The Hall–Kier alpha value is -0.670. The molecule has 2 rings (SSSR count). The highest BCUT2D eigenvalue weighted by atomic mass is 32.2. The van der Waals surface area contributed by atoms with Crippen LogP contribution in [0.1, 0.15) is 44.7 Å². The molecule has 1 heterocycles. The van der Waals surface area contributed by atoms with Gasteiger partial charge in [-0.2, -0.15) is 11.8 Å². The standard InChI is InChI=1S/C15H23NOS/c1-3-10-17-13-7-5-12(6-8-13)14(16)15(2)9-4-11-18-15/h5-8,14H,3-4,9-11,16H2,1-2H3. The molecule has 0 saturated carbocycles. The molecule has 100 valence electrons. The van der Waals surface area contributed by atoms with Gasteiger partial charge in [0, 0.05) is 10.8 Å². The number of thioether (sulfide) groups is 1. The highest BCUT2D eigenvalue weighted by molar-refractivity contribution is 8.00. The van der Waals surface area contributed by atoms with Crippen molar-refractivity contribution >= 4 is 11.8 Å². The second-order valence-corrected chi connectivity index (χ2v) is 6.79. The van der Waals surface area contributed by atoms with Crippen LogP contribution in [-0.2, 0) is 0 Å². The molecule has 1 aromatic rings. The molecule has 2 N–H and O–H groups in total. The van der Waals surface area contributed by atoms with Gasteiger partial charge in [0.15, 0.2) is 0 Å². The predicted molar refractivity (Wildman–Crippen MR) is 79.3 cm³/mol. The van der Waals surface area contributed by atoms with E-state index in [0.717, 1.165) is 18.8 Å². The van der Waals surface area contributed by atoms with Crippen molar-refractivity contribution in [1.29, 1.82) is 0 Å². The van der Waals surface area contributed by atoms with Crippen LogP contribution in [0.25, 0.3) is 0 Å². The van der Waals surface area contributed by atoms with E-state index in [2.05, 4.69) is 26.0 Å². The van der Waals surface area contributed by atoms with Gasteiger partial charge in [0.25, 0.3) is 0 Å². The van der Waals surface area contributed by atoms with Crippen molar-refractivity contribution in [1.82, 2.24) is 0 Å². The summed E-state index contributed by atoms with van der Waals surface area (Å²) in [6.07, 6.45) is 3.54. The highest BCUT2D eigenvalue weighted by Gasteiger charge is 2.36. The maximum atomic E-state index is 6.42. The minimum Gasteiger partial charge on any atom is -0.494 e. The maximum Gasteiger partial charge on any atom is 0.119 e. The molecule has 0 aliphatic carbocycles. The molecule has 1 saturated heterocycles. The second kappa shape index (κ2) is 5.98. The van der Waals surface area contributed by atoms with Gasteiger partial charge in [-0.1, -0.05) is 19.1 Å². The first-order valence-electron chi connectivity index (χ1n) is 6.78. The third-order valence-electron chi connectivity index (χ3n) is 3.62. The minimum absolute atomic E-state index is 0.116. The lowest BCUT2D eigenvalue weighted by Crippen LogP contribution is -2.32. The van der Waals surface area contributed by atoms with Gasteiger partial charge in [0.1, 0.15) is 5.75 Å². The van der Waals surface area contributed by atoms with Crippen LogP contribution in [0.4, 0.5) is 0 Å². The molecule has 3 heteroatoms. The van der Waals surface area contributed by atoms with Gasteiger partial charge < -0.3 is 10.5 Å². The average Bonchev–Trinajstić information content (AvgIpc) is 2.84. The van der Waals surface area contributed by atoms with Crippen LogP contribution >= 0.6 is 11.8 Å². The fourth-order valence-corrected chi connectivity index (χ4v) is 3.75. The molecule has 0 radical (unpaired) electrons. The zero-order valence-electron chi connectivity index (χ0n) is 11.3. The fraction of sp³-hybridized carbons (Fsp3) is 0.600. The van der Waals surface area contributed by atoms with Gasteiger partial charge in [-0.3, -0.25) is 0 Å². The normalized spacial score (nSPS) is 25.1. The van der Waals surface area contributed by atoms with Crippen LogP contribution in [0.15, 0.2) is 24.3 Å². The Morgan fingerprint density at radius 3 is 2.67 bits per heavy atom. The Labute approximate surface area is 114 Å². The van der Waals surface area contributed by atoms with E-state index in [1.165, 1.54) is 24.2 Å². The third kappa shape index (κ3) is 3.01. The monoisotopic (exact) mass is 265 g/mol. The van der Waals surface area contributed by atoms with Gasteiger partial charge in [0.05, 0.1) is 6.61 Å². The smallest absolute Gasteiger partial charge is 0.119 e. The van der Waals surface area contributed by atoms with Crippen LogP contribution < -0.4 is 10.5 Å². The Balaban J connectivity index is 2.04. The molecule has 0 aromatic heterocycles. The van der Waals surface area contributed by atoms with Crippen molar-refractivity contribution in [2.75, 3.05) is 12.4 Å². The van der Waals surface area contributed by atoms with Gasteiger partial charge >= 0.3 is 0 Å². The molecule has 2 nitrogen and oxygen atoms in total. The lowest BCUT2D eigenvalue weighted by molar-refractivity contribution is 0.317. The summed E-state index contributed by atoms with van der Waals surface area (Å²) in [6.45, 7) is 5.18. The van der Waals surface area contributed by atoms with Crippen LogP contribution in [0, 0.1) is 0 Å². The molecule has 1 aromatic carbocycles. The summed E-state index contributed by atoms with van der Waals surface area (Å²) in [4.78, 5) is 0. The van der Waals surface area contributed by atoms with Crippen molar-refractivity contribution in [3.8, 4) is 5.75 Å². The summed E-state index contributed by atoms with van der Waals surface area (Å²) in [5.41, 5.74) is 7.64. The van der Waals surface area contributed by atoms with E-state index in [0.29, 0.717) is 0 Å². The number of hydrogen-bond acceptors (Lipinski definition) is 3. The number of hydrogen-bond donors (Lipinski definition) is 1. The summed E-state index contributed by atoms with van der Waals surface area (Å²) in [5.74, 6) is 2.18. The Morgan fingerprint density at radius 2 is 2.11 bits per heavy atom. The van der Waals surface area contributed by atoms with E-state index in [1.807, 2.05) is 23.9 Å². The van der Waals surface area contributed by atoms with Crippen molar-refractivity contribution in [3.63, 3.8) is 0 Å². The van der Waals surface area contributed by atoms with Crippen LogP contribution in [0.3, 0.4) is 0 Å². The zero-order chi connectivity index (χ0) is 13.0. The molecular weight excluding hydrogens is 242 g/mol. The SMILES string of the molecule is CCCOc1ccc(C(N)C2(C)CCCS2)cc1. The van der Waals surface area contributed by atoms with Crippen molar-refractivity contribution in [2.24, 2.45) is 5.73 Å². The first kappa shape index (κ1) is 13.8. The number of benzene rings is 1. The van der Waals surface area contributed by atoms with Crippen molar-refractivity contribution in [3.05, 3.63) is 29.8 Å². The average molecular weight is 265 g/mol. The number of nitrogens with two attached hydrogens (primary N) is 1. The molecule has 2 atom stereocenters. The highest BCUT2D eigenvalue weighted by Crippen LogP contribution is 2.45. The van der Waals surface area contributed by atoms with Crippen LogP contribution in [0.2, 0.25) is 0 Å². The molecule has 18 heavy (non-hydrogen) atoms. The van der Waals surface area contributed by atoms with E-state index in [1.54, 1.807) is 0 Å². The quantitative estimate of drug-likeness (QED) is 0.880. The van der Waals surface area contributed by atoms with Gasteiger partial charge in [-0.05, 0) is 49.6 Å². The molecule has 0 bridgehead atoms. The van der Waals surface area contributed by atoms with Crippen molar-refractivity contribution in [2.45, 2.75) is 43.9 Å². The summed E-state index contributed by atoms with van der Waals surface area (Å²) in [7, 11) is 0. The third-order valence-corrected chi connectivity index (χ3v) is 5.23. The molecule has 1 fully saturated rings. The maximum absolute atomic E-state index is 6.42. The van der Waals surface area contributed by atoms with Gasteiger partial charge in [-0.25, -0.2) is 0 Å². The summed E-state index contributed by atoms with van der Waals surface area (Å²) in [5, 5.41) is 0. The Morgan fingerprint density at radius 1 is 1.39 bits per heavy atom. The predicted octanol–water partition coefficient (Wildman–Crippen LogP) is 3.76. The molecule has 0 spiro atoms. The van der Waals surface area contributed by atoms with E-state index >= 15 is 0 Å². The topological polar surface area (TPSA) is 35.2 Å². The van der Waals surface area contributed by atoms with Crippen molar-refractivity contribution < 1.29 is 4.74 Å². The van der Waals surface area contributed by atoms with Crippen LogP contribution in [-0.4, -0.2) is 17.1 Å². The number of rotatable bonds is 5. The first-order valence-corrected chi connectivity index (χ1v) is 7.76. The Bertz CT molecular complexity index is 371. The summed E-state index contributed by atoms with van der Waals surface area (Å²) in [6, 6.07) is 8.41.